The van der Waals surface area contributed by atoms with Crippen LogP contribution < -0.4 is 10.2 Å². The lowest BCUT2D eigenvalue weighted by atomic mass is 9.82. The lowest BCUT2D eigenvalue weighted by Gasteiger charge is -2.29. The first-order chi connectivity index (χ1) is 15.0. The molecule has 8 heteroatoms. The highest BCUT2D eigenvalue weighted by atomic mass is 19.2. The summed E-state index contributed by atoms with van der Waals surface area (Å²) < 4.78 is 33.4. The lowest BCUT2D eigenvalue weighted by Crippen LogP contribution is -2.40. The zero-order valence-corrected chi connectivity index (χ0v) is 17.1. The second kappa shape index (κ2) is 10.9. The van der Waals surface area contributed by atoms with Crippen LogP contribution in [0.4, 0.5) is 25.0 Å². The third-order valence-corrected chi connectivity index (χ3v) is 5.48. The van der Waals surface area contributed by atoms with E-state index < -0.39 is 23.6 Å². The van der Waals surface area contributed by atoms with E-state index in [1.54, 1.807) is 30.3 Å². The number of carbonyl (C=O) groups excluding carboxylic acids is 1. The first kappa shape index (κ1) is 22.7. The van der Waals surface area contributed by atoms with Gasteiger partial charge in [0.05, 0.1) is 18.0 Å². The van der Waals surface area contributed by atoms with Gasteiger partial charge in [0.1, 0.15) is 6.61 Å². The highest BCUT2D eigenvalue weighted by Crippen LogP contribution is 2.31. The number of aliphatic carboxylic acids is 1. The Balaban J connectivity index is 1.59. The Hall–Kier alpha value is -3.00. The predicted octanol–water partition coefficient (Wildman–Crippen LogP) is 4.72. The number of para-hydroxylation sites is 1. The molecule has 1 fully saturated rings. The number of anilines is 2. The van der Waals surface area contributed by atoms with Crippen LogP contribution in [0.3, 0.4) is 0 Å². The number of hydrogen-bond donors (Lipinski definition) is 2. The van der Waals surface area contributed by atoms with E-state index in [9.17, 15) is 18.4 Å². The minimum Gasteiger partial charge on any atom is -0.480 e. The fraction of sp³-hybridized carbons (Fsp3) is 0.391. The minimum absolute atomic E-state index is 0.150. The molecule has 0 saturated heterocycles. The summed E-state index contributed by atoms with van der Waals surface area (Å²) >= 11 is 0. The lowest BCUT2D eigenvalue weighted by molar-refractivity contribution is -0.142. The molecule has 0 spiro atoms. The highest BCUT2D eigenvalue weighted by Gasteiger charge is 2.25. The topological polar surface area (TPSA) is 78.9 Å². The molecule has 2 aromatic rings. The van der Waals surface area contributed by atoms with Gasteiger partial charge in [-0.2, -0.15) is 0 Å². The van der Waals surface area contributed by atoms with Gasteiger partial charge in [0.15, 0.2) is 11.6 Å². The van der Waals surface area contributed by atoms with E-state index in [2.05, 4.69) is 5.32 Å². The van der Waals surface area contributed by atoms with Crippen molar-refractivity contribution in [2.24, 2.45) is 11.8 Å². The smallest absolute Gasteiger partial charge is 0.329 e. The predicted molar refractivity (Wildman–Crippen MR) is 112 cm³/mol. The van der Waals surface area contributed by atoms with Gasteiger partial charge in [-0.15, -0.1) is 0 Å². The maximum absolute atomic E-state index is 14.4. The van der Waals surface area contributed by atoms with Gasteiger partial charge in [0.2, 0.25) is 0 Å². The zero-order chi connectivity index (χ0) is 22.2. The van der Waals surface area contributed by atoms with E-state index in [1.807, 2.05) is 0 Å². The van der Waals surface area contributed by atoms with Crippen molar-refractivity contribution in [2.75, 3.05) is 24.7 Å². The number of carboxylic acid groups (broad SMARTS) is 1. The first-order valence-corrected chi connectivity index (χ1v) is 10.3. The average molecular weight is 432 g/mol. The Bertz CT molecular complexity index is 886. The number of halogens is 2. The monoisotopic (exact) mass is 432 g/mol. The Kier molecular flexibility index (Phi) is 7.94. The Labute approximate surface area is 179 Å². The van der Waals surface area contributed by atoms with Crippen molar-refractivity contribution in [3.05, 3.63) is 60.2 Å². The molecular weight excluding hydrogens is 406 g/mol. The van der Waals surface area contributed by atoms with E-state index in [0.717, 1.165) is 36.6 Å². The van der Waals surface area contributed by atoms with Gasteiger partial charge in [-0.3, -0.25) is 4.90 Å². The van der Waals surface area contributed by atoms with Gasteiger partial charge in [-0.1, -0.05) is 24.3 Å². The molecule has 1 aliphatic rings. The number of rotatable bonds is 8. The molecule has 6 nitrogen and oxygen atoms in total. The quantitative estimate of drug-likeness (QED) is 0.633. The van der Waals surface area contributed by atoms with Crippen molar-refractivity contribution in [1.82, 2.24) is 5.32 Å². The fourth-order valence-electron chi connectivity index (χ4n) is 3.83. The summed E-state index contributed by atoms with van der Waals surface area (Å²) in [4.78, 5) is 24.6. The van der Waals surface area contributed by atoms with Crippen LogP contribution in [0, 0.1) is 23.5 Å². The highest BCUT2D eigenvalue weighted by molar-refractivity contribution is 5.99. The molecule has 0 unspecified atom stereocenters. The van der Waals surface area contributed by atoms with Crippen LogP contribution >= 0.6 is 0 Å². The van der Waals surface area contributed by atoms with Crippen molar-refractivity contribution in [2.45, 2.75) is 25.7 Å². The van der Waals surface area contributed by atoms with Crippen LogP contribution in [0.2, 0.25) is 0 Å². The minimum atomic E-state index is -1.08. The maximum Gasteiger partial charge on any atom is 0.329 e. The van der Waals surface area contributed by atoms with Crippen molar-refractivity contribution >= 4 is 23.4 Å². The molecule has 0 radical (unpaired) electrons. The summed E-state index contributed by atoms with van der Waals surface area (Å²) in [6.45, 7) is 0.551. The van der Waals surface area contributed by atoms with Gasteiger partial charge in [0.25, 0.3) is 0 Å². The number of carbonyl (C=O) groups is 2. The third-order valence-electron chi connectivity index (χ3n) is 5.48. The van der Waals surface area contributed by atoms with E-state index >= 15 is 0 Å². The number of hydrogen-bond acceptors (Lipinski definition) is 3. The van der Waals surface area contributed by atoms with E-state index in [0.29, 0.717) is 24.8 Å². The molecule has 3 rings (SSSR count). The molecule has 0 bridgehead atoms. The standard InChI is InChI=1S/C23H26F2N2O4/c24-19-7-4-8-20(22(19)25)27(18-5-2-1-3-6-18)23(30)26-13-16-9-11-17(12-10-16)14-31-15-21(28)29/h1-8,16-17H,9-15H2,(H,26,30)(H,28,29)/t16-,17-. The Morgan fingerprint density at radius 1 is 1.00 bits per heavy atom. The van der Waals surface area contributed by atoms with Crippen LogP contribution in [0.1, 0.15) is 25.7 Å². The van der Waals surface area contributed by atoms with Crippen molar-refractivity contribution in [1.29, 1.82) is 0 Å². The number of ether oxygens (including phenoxy) is 1. The fourth-order valence-corrected chi connectivity index (χ4v) is 3.83. The summed E-state index contributed by atoms with van der Waals surface area (Å²) in [7, 11) is 0. The van der Waals surface area contributed by atoms with Crippen LogP contribution in [-0.2, 0) is 9.53 Å². The molecule has 0 aliphatic heterocycles. The molecule has 2 aromatic carbocycles. The number of amides is 2. The second-order valence-electron chi connectivity index (χ2n) is 7.73. The van der Waals surface area contributed by atoms with Crippen LogP contribution in [0.25, 0.3) is 0 Å². The molecule has 0 heterocycles. The molecule has 2 amide bonds. The van der Waals surface area contributed by atoms with Crippen LogP contribution in [-0.4, -0.2) is 36.9 Å². The van der Waals surface area contributed by atoms with Gasteiger partial charge < -0.3 is 15.2 Å². The summed E-state index contributed by atoms with van der Waals surface area (Å²) in [6, 6.07) is 11.8. The summed E-state index contributed by atoms with van der Waals surface area (Å²) in [6.07, 6.45) is 3.53. The molecule has 2 N–H and O–H groups in total. The Morgan fingerprint density at radius 3 is 2.35 bits per heavy atom. The molecule has 1 aliphatic carbocycles. The molecule has 1 saturated carbocycles. The summed E-state index contributed by atoms with van der Waals surface area (Å²) in [5.74, 6) is -2.50. The molecule has 0 atom stereocenters. The van der Waals surface area contributed by atoms with E-state index in [-0.39, 0.29) is 18.2 Å². The van der Waals surface area contributed by atoms with Crippen LogP contribution in [0.15, 0.2) is 48.5 Å². The molecule has 31 heavy (non-hydrogen) atoms. The average Bonchev–Trinajstić information content (AvgIpc) is 2.77. The van der Waals surface area contributed by atoms with Gasteiger partial charge in [0, 0.05) is 6.54 Å². The van der Waals surface area contributed by atoms with Crippen molar-refractivity contribution in [3.8, 4) is 0 Å². The second-order valence-corrected chi connectivity index (χ2v) is 7.73. The number of carboxylic acids is 1. The normalized spacial score (nSPS) is 18.4. The molecular formula is C23H26F2N2O4. The number of nitrogens with one attached hydrogen (secondary N) is 1. The largest absolute Gasteiger partial charge is 0.480 e. The van der Waals surface area contributed by atoms with Crippen LogP contribution in [0.5, 0.6) is 0 Å². The van der Waals surface area contributed by atoms with E-state index in [1.165, 1.54) is 12.1 Å². The number of urea groups is 1. The van der Waals surface area contributed by atoms with Gasteiger partial charge in [-0.25, -0.2) is 18.4 Å². The molecule has 0 aromatic heterocycles. The Morgan fingerprint density at radius 2 is 1.68 bits per heavy atom. The van der Waals surface area contributed by atoms with Crippen molar-refractivity contribution < 1.29 is 28.2 Å². The summed E-state index contributed by atoms with van der Waals surface area (Å²) in [5.41, 5.74) is 0.284. The van der Waals surface area contributed by atoms with E-state index in [4.69, 9.17) is 9.84 Å². The first-order valence-electron chi connectivity index (χ1n) is 10.3. The SMILES string of the molecule is O=C(O)COC[C@H]1CC[C@H](CNC(=O)N(c2ccccc2)c2cccc(F)c2F)CC1. The number of nitrogens with zero attached hydrogens (tertiary/aromatic N) is 1. The van der Waals surface area contributed by atoms with Gasteiger partial charge in [-0.05, 0) is 61.8 Å². The maximum atomic E-state index is 14.4. The zero-order valence-electron chi connectivity index (χ0n) is 17.1. The van der Waals surface area contributed by atoms with Gasteiger partial charge >= 0.3 is 12.0 Å². The van der Waals surface area contributed by atoms with Crippen molar-refractivity contribution in [3.63, 3.8) is 0 Å². The summed E-state index contributed by atoms with van der Waals surface area (Å²) in [5, 5.41) is 11.5. The molecule has 166 valence electrons. The third kappa shape index (κ3) is 6.24. The number of benzene rings is 2.